The van der Waals surface area contributed by atoms with E-state index in [1.807, 2.05) is 0 Å². The average Bonchev–Trinajstić information content (AvgIpc) is 3.05. The third kappa shape index (κ3) is 3.41. The molecule has 8 heteroatoms. The molecule has 4 atom stereocenters. The first kappa shape index (κ1) is 20.7. The molecule has 0 radical (unpaired) electrons. The summed E-state index contributed by atoms with van der Waals surface area (Å²) < 4.78 is 21.9. The molecular weight excluding hydrogens is 368 g/mol. The maximum atomic E-state index is 12.4. The molecule has 0 saturated carbocycles. The molecule has 3 aliphatic heterocycles. The summed E-state index contributed by atoms with van der Waals surface area (Å²) in [5.74, 6) is -2.97. The molecule has 28 heavy (non-hydrogen) atoms. The van der Waals surface area contributed by atoms with E-state index in [1.165, 1.54) is 21.0 Å². The maximum Gasteiger partial charge on any atom is 0.342 e. The van der Waals surface area contributed by atoms with Crippen molar-refractivity contribution in [2.75, 3.05) is 13.7 Å². The Morgan fingerprint density at radius 1 is 1.36 bits per heavy atom. The van der Waals surface area contributed by atoms with E-state index < -0.39 is 35.0 Å². The predicted molar refractivity (Wildman–Crippen MR) is 96.7 cm³/mol. The first-order chi connectivity index (χ1) is 12.9. The van der Waals surface area contributed by atoms with Crippen molar-refractivity contribution < 1.29 is 38.7 Å². The average molecular weight is 394 g/mol. The van der Waals surface area contributed by atoms with Crippen LogP contribution in [0.5, 0.6) is 0 Å². The molecule has 8 nitrogen and oxygen atoms in total. The Morgan fingerprint density at radius 2 is 2.04 bits per heavy atom. The number of methoxy groups -OCH3 is 1. The number of esters is 2. The Kier molecular flexibility index (Phi) is 5.04. The van der Waals surface area contributed by atoms with E-state index in [1.54, 1.807) is 13.0 Å². The molecule has 1 fully saturated rings. The van der Waals surface area contributed by atoms with Crippen LogP contribution in [0.15, 0.2) is 35.1 Å². The van der Waals surface area contributed by atoms with Gasteiger partial charge in [-0.3, -0.25) is 0 Å². The van der Waals surface area contributed by atoms with Gasteiger partial charge in [-0.2, -0.15) is 0 Å². The van der Waals surface area contributed by atoms with Crippen molar-refractivity contribution in [3.05, 3.63) is 35.1 Å². The lowest BCUT2D eigenvalue weighted by atomic mass is 9.82. The zero-order valence-corrected chi connectivity index (χ0v) is 16.5. The Labute approximate surface area is 163 Å². The van der Waals surface area contributed by atoms with Crippen molar-refractivity contribution in [3.8, 4) is 0 Å². The summed E-state index contributed by atoms with van der Waals surface area (Å²) in [6, 6.07) is 0. The van der Waals surface area contributed by atoms with Gasteiger partial charge in [0.25, 0.3) is 0 Å². The van der Waals surface area contributed by atoms with Crippen LogP contribution in [0.2, 0.25) is 0 Å². The number of fused-ring (bicyclic) bond motifs is 3. The minimum atomic E-state index is -1.85. The van der Waals surface area contributed by atoms with Crippen molar-refractivity contribution in [1.29, 1.82) is 0 Å². The largest absolute Gasteiger partial charge is 0.454 e. The number of hydrogen-bond acceptors (Lipinski definition) is 8. The van der Waals surface area contributed by atoms with E-state index in [-0.39, 0.29) is 36.4 Å². The molecule has 154 valence electrons. The van der Waals surface area contributed by atoms with Crippen LogP contribution < -0.4 is 0 Å². The standard InChI is InChI=1S/C20H26O8/c1-11(2)16(21)26-14-9-19(4,23)20(24)7-6-18(3,28-20)8-13-15(14)12(10-25-5)17(22)27-13/h8,14,23-24H,1,6-7,9-10H2,2-5H3. The van der Waals surface area contributed by atoms with Gasteiger partial charge in [-0.1, -0.05) is 6.58 Å². The molecule has 0 aliphatic carbocycles. The van der Waals surface area contributed by atoms with Gasteiger partial charge in [0.1, 0.15) is 17.5 Å². The molecule has 3 rings (SSSR count). The van der Waals surface area contributed by atoms with Crippen LogP contribution in [-0.4, -0.2) is 59.0 Å². The molecule has 0 aromatic heterocycles. The molecule has 0 spiro atoms. The summed E-state index contributed by atoms with van der Waals surface area (Å²) in [7, 11) is 1.43. The topological polar surface area (TPSA) is 112 Å². The van der Waals surface area contributed by atoms with Crippen LogP contribution in [0.1, 0.15) is 40.0 Å². The fraction of sp³-hybridized carbons (Fsp3) is 0.600. The third-order valence-electron chi connectivity index (χ3n) is 5.47. The summed E-state index contributed by atoms with van der Waals surface area (Å²) in [6.07, 6.45) is 0.875. The number of rotatable bonds is 4. The fourth-order valence-corrected chi connectivity index (χ4v) is 3.83. The normalized spacial score (nSPS) is 37.4. The smallest absolute Gasteiger partial charge is 0.342 e. The van der Waals surface area contributed by atoms with E-state index in [2.05, 4.69) is 6.58 Å². The number of ether oxygens (including phenoxy) is 4. The lowest BCUT2D eigenvalue weighted by Crippen LogP contribution is -2.54. The van der Waals surface area contributed by atoms with E-state index in [4.69, 9.17) is 18.9 Å². The molecule has 4 unspecified atom stereocenters. The van der Waals surface area contributed by atoms with Crippen LogP contribution in [0, 0.1) is 0 Å². The molecule has 0 aromatic carbocycles. The Morgan fingerprint density at radius 3 is 2.64 bits per heavy atom. The van der Waals surface area contributed by atoms with Gasteiger partial charge in [-0.05, 0) is 33.3 Å². The minimum absolute atomic E-state index is 0.0589. The molecule has 3 heterocycles. The number of hydrogen-bond donors (Lipinski definition) is 2. The van der Waals surface area contributed by atoms with E-state index in [0.29, 0.717) is 12.0 Å². The van der Waals surface area contributed by atoms with Crippen LogP contribution in [0.3, 0.4) is 0 Å². The first-order valence-corrected chi connectivity index (χ1v) is 9.10. The van der Waals surface area contributed by atoms with Gasteiger partial charge in [0.15, 0.2) is 5.79 Å². The molecule has 3 aliphatic rings. The Balaban J connectivity index is 2.18. The van der Waals surface area contributed by atoms with Crippen molar-refractivity contribution >= 4 is 11.9 Å². The van der Waals surface area contributed by atoms with E-state index >= 15 is 0 Å². The fourth-order valence-electron chi connectivity index (χ4n) is 3.83. The van der Waals surface area contributed by atoms with E-state index in [9.17, 15) is 19.8 Å². The highest BCUT2D eigenvalue weighted by molar-refractivity contribution is 5.95. The molecule has 2 N–H and O–H groups in total. The number of aliphatic hydroxyl groups is 2. The Bertz CT molecular complexity index is 792. The summed E-state index contributed by atoms with van der Waals surface area (Å²) in [5, 5.41) is 22.1. The van der Waals surface area contributed by atoms with Gasteiger partial charge >= 0.3 is 11.9 Å². The second kappa shape index (κ2) is 6.81. The van der Waals surface area contributed by atoms with Crippen LogP contribution >= 0.6 is 0 Å². The van der Waals surface area contributed by atoms with Gasteiger partial charge in [-0.15, -0.1) is 0 Å². The second-order valence-corrected chi connectivity index (χ2v) is 8.07. The lowest BCUT2D eigenvalue weighted by Gasteiger charge is -2.40. The molecule has 2 bridgehead atoms. The quantitative estimate of drug-likeness (QED) is 0.542. The van der Waals surface area contributed by atoms with Gasteiger partial charge in [0.2, 0.25) is 0 Å². The van der Waals surface area contributed by atoms with Crippen LogP contribution in [-0.2, 0) is 28.5 Å². The van der Waals surface area contributed by atoms with Gasteiger partial charge in [-0.25, -0.2) is 9.59 Å². The number of carbonyl (C=O) groups excluding carboxylic acids is 2. The lowest BCUT2D eigenvalue weighted by molar-refractivity contribution is -0.298. The number of carbonyl (C=O) groups is 2. The summed E-state index contributed by atoms with van der Waals surface area (Å²) in [5.41, 5.74) is -2.09. The monoisotopic (exact) mass is 394 g/mol. The van der Waals surface area contributed by atoms with Gasteiger partial charge < -0.3 is 29.2 Å². The maximum absolute atomic E-state index is 12.4. The van der Waals surface area contributed by atoms with E-state index in [0.717, 1.165) is 0 Å². The molecule has 0 aromatic rings. The highest BCUT2D eigenvalue weighted by Crippen LogP contribution is 2.49. The zero-order chi connectivity index (χ0) is 20.9. The highest BCUT2D eigenvalue weighted by atomic mass is 16.7. The van der Waals surface area contributed by atoms with Crippen LogP contribution in [0.4, 0.5) is 0 Å². The van der Waals surface area contributed by atoms with Crippen molar-refractivity contribution in [2.45, 2.75) is 63.1 Å². The SMILES string of the molecule is C=C(C)C(=O)OC1CC(C)(O)C2(O)CCC(C)(C=C3OC(=O)C(COC)=C31)O2. The Hall–Kier alpha value is -2.00. The highest BCUT2D eigenvalue weighted by Gasteiger charge is 2.58. The molecular formula is C20H26O8. The second-order valence-electron chi connectivity index (χ2n) is 8.07. The third-order valence-corrected chi connectivity index (χ3v) is 5.47. The minimum Gasteiger partial charge on any atom is -0.454 e. The zero-order valence-electron chi connectivity index (χ0n) is 16.5. The van der Waals surface area contributed by atoms with Gasteiger partial charge in [0, 0.05) is 31.1 Å². The van der Waals surface area contributed by atoms with Gasteiger partial charge in [0.05, 0.1) is 17.8 Å². The van der Waals surface area contributed by atoms with Crippen LogP contribution in [0.25, 0.3) is 0 Å². The predicted octanol–water partition coefficient (Wildman–Crippen LogP) is 1.27. The molecule has 0 amide bonds. The summed E-state index contributed by atoms with van der Waals surface area (Å²) >= 11 is 0. The summed E-state index contributed by atoms with van der Waals surface area (Å²) in [6.45, 7) is 8.15. The van der Waals surface area contributed by atoms with Crippen molar-refractivity contribution in [3.63, 3.8) is 0 Å². The molecule has 1 saturated heterocycles. The first-order valence-electron chi connectivity index (χ1n) is 9.10. The van der Waals surface area contributed by atoms with Crippen molar-refractivity contribution in [1.82, 2.24) is 0 Å². The van der Waals surface area contributed by atoms with Crippen molar-refractivity contribution in [2.24, 2.45) is 0 Å². The summed E-state index contributed by atoms with van der Waals surface area (Å²) in [4.78, 5) is 24.7.